The van der Waals surface area contributed by atoms with Crippen LogP contribution >= 0.6 is 0 Å². The molecule has 33 heavy (non-hydrogen) atoms. The van der Waals surface area contributed by atoms with Gasteiger partial charge in [0.1, 0.15) is 23.8 Å². The van der Waals surface area contributed by atoms with Crippen molar-refractivity contribution < 1.29 is 13.8 Å². The van der Waals surface area contributed by atoms with E-state index in [1.807, 2.05) is 48.0 Å². The first-order valence-corrected chi connectivity index (χ1v) is 10.7. The number of aryl methyl sites for hydroxylation is 1. The molecule has 1 unspecified atom stereocenters. The SMILES string of the molecule is COc1cc(C=CC2=C3CNCC[N+]3([O-])C(c3ccc(F)cc3)=N2)ccc1-n1cnc(C)c1. The second kappa shape index (κ2) is 8.40. The molecule has 3 aromatic rings. The predicted molar refractivity (Wildman–Crippen MR) is 125 cm³/mol. The van der Waals surface area contributed by atoms with Gasteiger partial charge in [-0.3, -0.25) is 4.65 Å². The van der Waals surface area contributed by atoms with Crippen molar-refractivity contribution in [3.63, 3.8) is 0 Å². The predicted octanol–water partition coefficient (Wildman–Crippen LogP) is 3.93. The molecule has 168 valence electrons. The maximum Gasteiger partial charge on any atom is 0.240 e. The third kappa shape index (κ3) is 3.89. The van der Waals surface area contributed by atoms with E-state index in [0.717, 1.165) is 16.9 Å². The normalized spacial score (nSPS) is 20.3. The van der Waals surface area contributed by atoms with Crippen LogP contribution in [-0.2, 0) is 0 Å². The zero-order chi connectivity index (χ0) is 23.0. The lowest BCUT2D eigenvalue weighted by Crippen LogP contribution is -2.54. The first-order chi connectivity index (χ1) is 16.0. The highest BCUT2D eigenvalue weighted by atomic mass is 19.1. The van der Waals surface area contributed by atoms with E-state index in [2.05, 4.69) is 10.3 Å². The number of hydrogen-bond donors (Lipinski definition) is 1. The Labute approximate surface area is 191 Å². The number of quaternary nitrogens is 1. The van der Waals surface area contributed by atoms with Crippen LogP contribution in [0.2, 0.25) is 0 Å². The molecule has 1 aromatic heterocycles. The minimum atomic E-state index is -0.611. The van der Waals surface area contributed by atoms with Crippen molar-refractivity contribution >= 4 is 11.9 Å². The minimum Gasteiger partial charge on any atom is -0.621 e. The van der Waals surface area contributed by atoms with Crippen molar-refractivity contribution in [1.82, 2.24) is 14.9 Å². The Hall–Kier alpha value is -3.59. The van der Waals surface area contributed by atoms with E-state index >= 15 is 0 Å². The minimum absolute atomic E-state index is 0.341. The molecule has 8 heteroatoms. The zero-order valence-corrected chi connectivity index (χ0v) is 18.5. The molecule has 1 atom stereocenters. The van der Waals surface area contributed by atoms with Gasteiger partial charge in [0.05, 0.1) is 36.9 Å². The zero-order valence-electron chi connectivity index (χ0n) is 18.5. The number of piperazine rings is 1. The quantitative estimate of drug-likeness (QED) is 0.477. The van der Waals surface area contributed by atoms with Gasteiger partial charge < -0.3 is 19.8 Å². The summed E-state index contributed by atoms with van der Waals surface area (Å²) in [5, 5.41) is 17.0. The van der Waals surface area contributed by atoms with Gasteiger partial charge in [0, 0.05) is 12.7 Å². The van der Waals surface area contributed by atoms with Crippen LogP contribution in [0.1, 0.15) is 16.8 Å². The lowest BCUT2D eigenvalue weighted by Gasteiger charge is -2.43. The fourth-order valence-electron chi connectivity index (χ4n) is 4.22. The molecule has 0 saturated carbocycles. The van der Waals surface area contributed by atoms with E-state index in [4.69, 9.17) is 9.73 Å². The summed E-state index contributed by atoms with van der Waals surface area (Å²) in [6.45, 7) is 3.33. The van der Waals surface area contributed by atoms with Gasteiger partial charge in [-0.05, 0) is 55.0 Å². The standard InChI is InChI=1S/C25H24FN5O2/c1-17-15-30(16-28-17)22-10-4-18(13-24(22)33-2)3-9-21-23-14-27-11-12-31(23,32)25(29-21)19-5-7-20(26)8-6-19/h3-10,13,15-16,27H,11-12,14H2,1-2H3. The van der Waals surface area contributed by atoms with Crippen LogP contribution in [0.3, 0.4) is 0 Å². The molecule has 0 radical (unpaired) electrons. The van der Waals surface area contributed by atoms with Crippen molar-refractivity contribution in [3.8, 4) is 11.4 Å². The Morgan fingerprint density at radius 2 is 2.00 bits per heavy atom. The maximum absolute atomic E-state index is 13.8. The number of methoxy groups -OCH3 is 1. The summed E-state index contributed by atoms with van der Waals surface area (Å²) < 4.78 is 20.3. The maximum atomic E-state index is 13.8. The van der Waals surface area contributed by atoms with Crippen LogP contribution in [0.5, 0.6) is 5.75 Å². The Morgan fingerprint density at radius 3 is 2.73 bits per heavy atom. The molecule has 1 N–H and O–H groups in total. The molecule has 2 aromatic carbocycles. The summed E-state index contributed by atoms with van der Waals surface area (Å²) in [4.78, 5) is 8.97. The molecule has 1 saturated heterocycles. The van der Waals surface area contributed by atoms with Gasteiger partial charge in [0.25, 0.3) is 0 Å². The molecule has 1 fully saturated rings. The average molecular weight is 445 g/mol. The largest absolute Gasteiger partial charge is 0.621 e. The van der Waals surface area contributed by atoms with Crippen LogP contribution in [0.4, 0.5) is 4.39 Å². The third-order valence-corrected chi connectivity index (χ3v) is 5.93. The molecular formula is C25H24FN5O2. The van der Waals surface area contributed by atoms with E-state index in [0.29, 0.717) is 48.2 Å². The highest BCUT2D eigenvalue weighted by molar-refractivity contribution is 5.97. The fraction of sp³-hybridized carbons (Fsp3) is 0.200. The van der Waals surface area contributed by atoms with E-state index in [-0.39, 0.29) is 5.82 Å². The first-order valence-electron chi connectivity index (χ1n) is 10.7. The second-order valence-electron chi connectivity index (χ2n) is 8.10. The molecule has 0 bridgehead atoms. The van der Waals surface area contributed by atoms with Gasteiger partial charge in [0.15, 0.2) is 5.70 Å². The lowest BCUT2D eigenvalue weighted by atomic mass is 10.1. The molecule has 3 heterocycles. The number of hydroxylamine groups is 3. The highest BCUT2D eigenvalue weighted by Gasteiger charge is 2.40. The second-order valence-corrected chi connectivity index (χ2v) is 8.10. The van der Waals surface area contributed by atoms with Crippen LogP contribution in [-0.4, -0.2) is 46.8 Å². The van der Waals surface area contributed by atoms with Crippen LogP contribution in [0.15, 0.2) is 77.5 Å². The van der Waals surface area contributed by atoms with E-state index in [1.165, 1.54) is 12.1 Å². The van der Waals surface area contributed by atoms with Gasteiger partial charge in [-0.15, -0.1) is 0 Å². The lowest BCUT2D eigenvalue weighted by molar-refractivity contribution is -0.748. The number of aliphatic imine (C=N–C) groups is 1. The number of imidazole rings is 1. The van der Waals surface area contributed by atoms with Crippen LogP contribution in [0.25, 0.3) is 11.8 Å². The Bertz CT molecular complexity index is 1290. The van der Waals surface area contributed by atoms with Gasteiger partial charge in [-0.1, -0.05) is 12.1 Å². The van der Waals surface area contributed by atoms with Gasteiger partial charge in [-0.25, -0.2) is 9.37 Å². The van der Waals surface area contributed by atoms with Gasteiger partial charge >= 0.3 is 0 Å². The van der Waals surface area contributed by atoms with E-state index in [9.17, 15) is 9.60 Å². The van der Waals surface area contributed by atoms with E-state index < -0.39 is 4.65 Å². The molecule has 5 rings (SSSR count). The van der Waals surface area contributed by atoms with Crippen molar-refractivity contribution in [2.24, 2.45) is 4.99 Å². The number of nitrogens with one attached hydrogen (secondary N) is 1. The third-order valence-electron chi connectivity index (χ3n) is 5.93. The molecule has 2 aliphatic heterocycles. The Kier molecular flexibility index (Phi) is 5.41. The fourth-order valence-corrected chi connectivity index (χ4v) is 4.22. The number of nitrogens with zero attached hydrogens (tertiary/aromatic N) is 4. The summed E-state index contributed by atoms with van der Waals surface area (Å²) in [7, 11) is 1.63. The van der Waals surface area contributed by atoms with Crippen LogP contribution < -0.4 is 10.1 Å². The Balaban J connectivity index is 1.49. The van der Waals surface area contributed by atoms with Crippen molar-refractivity contribution in [2.45, 2.75) is 6.92 Å². The summed E-state index contributed by atoms with van der Waals surface area (Å²) in [5.41, 5.74) is 4.65. The number of allylic oxidation sites excluding steroid dienone is 1. The number of amidine groups is 1. The average Bonchev–Trinajstić information content (AvgIpc) is 3.38. The summed E-state index contributed by atoms with van der Waals surface area (Å²) in [6.07, 6.45) is 7.47. The summed E-state index contributed by atoms with van der Waals surface area (Å²) in [6, 6.07) is 11.8. The van der Waals surface area contributed by atoms with Crippen LogP contribution in [0, 0.1) is 17.9 Å². The summed E-state index contributed by atoms with van der Waals surface area (Å²) >= 11 is 0. The first kappa shape index (κ1) is 21.3. The number of aromatic nitrogens is 2. The smallest absolute Gasteiger partial charge is 0.240 e. The van der Waals surface area contributed by atoms with Gasteiger partial charge in [0.2, 0.25) is 5.84 Å². The van der Waals surface area contributed by atoms with Crippen molar-refractivity contribution in [2.75, 3.05) is 26.7 Å². The summed E-state index contributed by atoms with van der Waals surface area (Å²) in [5.74, 6) is 0.767. The monoisotopic (exact) mass is 445 g/mol. The number of halogens is 1. The number of benzene rings is 2. The number of rotatable bonds is 5. The van der Waals surface area contributed by atoms with Crippen molar-refractivity contribution in [1.29, 1.82) is 0 Å². The topological polar surface area (TPSA) is 74.5 Å². The van der Waals surface area contributed by atoms with Crippen molar-refractivity contribution in [3.05, 3.63) is 100 Å². The number of ether oxygens (including phenoxy) is 1. The van der Waals surface area contributed by atoms with Gasteiger partial charge in [-0.2, -0.15) is 4.99 Å². The number of fused-ring (bicyclic) bond motifs is 1. The molecular weight excluding hydrogens is 421 g/mol. The molecule has 0 aliphatic carbocycles. The Morgan fingerprint density at radius 1 is 1.18 bits per heavy atom. The molecule has 0 spiro atoms. The molecule has 2 aliphatic rings. The molecule has 0 amide bonds. The highest BCUT2D eigenvalue weighted by Crippen LogP contribution is 2.34. The number of hydrogen-bond acceptors (Lipinski definition) is 5. The van der Waals surface area contributed by atoms with E-state index in [1.54, 1.807) is 25.6 Å². The molecule has 7 nitrogen and oxygen atoms in total.